The number of hydrogen-bond acceptors (Lipinski definition) is 3. The van der Waals surface area contributed by atoms with Gasteiger partial charge in [-0.2, -0.15) is 5.10 Å². The van der Waals surface area contributed by atoms with Crippen molar-refractivity contribution in [3.63, 3.8) is 0 Å². The quantitative estimate of drug-likeness (QED) is 0.146. The van der Waals surface area contributed by atoms with Crippen LogP contribution in [0.3, 0.4) is 0 Å². The molecule has 0 amide bonds. The lowest BCUT2D eigenvalue weighted by Crippen LogP contribution is -2.06. The first-order chi connectivity index (χ1) is 14.3. The molecule has 0 aliphatic heterocycles. The van der Waals surface area contributed by atoms with Crippen molar-refractivity contribution in [3.05, 3.63) is 92.7 Å². The van der Waals surface area contributed by atoms with Crippen molar-refractivity contribution in [3.8, 4) is 5.75 Å². The SMILES string of the molecule is Fc1c(F)c(F)c(N/N=C/c2ccccc2OCc2ccc(Cl)c(Cl)c2)c(F)c1F. The van der Waals surface area contributed by atoms with Crippen LogP contribution in [-0.2, 0) is 6.61 Å². The van der Waals surface area contributed by atoms with E-state index >= 15 is 0 Å². The van der Waals surface area contributed by atoms with Gasteiger partial charge in [-0.3, -0.25) is 5.43 Å². The fraction of sp³-hybridized carbons (Fsp3) is 0.0500. The van der Waals surface area contributed by atoms with E-state index in [0.717, 1.165) is 11.8 Å². The number of rotatable bonds is 6. The van der Waals surface area contributed by atoms with E-state index in [-0.39, 0.29) is 6.61 Å². The lowest BCUT2D eigenvalue weighted by Gasteiger charge is -2.10. The normalized spacial score (nSPS) is 11.2. The van der Waals surface area contributed by atoms with Gasteiger partial charge in [0.2, 0.25) is 5.82 Å². The Kier molecular flexibility index (Phi) is 6.79. The third-order valence-corrected chi connectivity index (χ3v) is 4.63. The molecule has 3 nitrogen and oxygen atoms in total. The summed E-state index contributed by atoms with van der Waals surface area (Å²) in [5, 5.41) is 4.31. The molecule has 3 rings (SSSR count). The first-order valence-electron chi connectivity index (χ1n) is 8.26. The van der Waals surface area contributed by atoms with Crippen LogP contribution in [0.25, 0.3) is 0 Å². The zero-order valence-corrected chi connectivity index (χ0v) is 16.3. The van der Waals surface area contributed by atoms with Crippen LogP contribution < -0.4 is 10.2 Å². The Morgan fingerprint density at radius 1 is 0.833 bits per heavy atom. The van der Waals surface area contributed by atoms with Crippen LogP contribution in [0.15, 0.2) is 47.6 Å². The highest BCUT2D eigenvalue weighted by Gasteiger charge is 2.25. The van der Waals surface area contributed by atoms with E-state index < -0.39 is 34.8 Å². The van der Waals surface area contributed by atoms with Crippen LogP contribution in [0.4, 0.5) is 27.6 Å². The van der Waals surface area contributed by atoms with Crippen molar-refractivity contribution in [2.24, 2.45) is 5.10 Å². The first kappa shape index (κ1) is 21.9. The third-order valence-electron chi connectivity index (χ3n) is 3.89. The fourth-order valence-electron chi connectivity index (χ4n) is 2.38. The van der Waals surface area contributed by atoms with Gasteiger partial charge in [0.25, 0.3) is 0 Å². The average Bonchev–Trinajstić information content (AvgIpc) is 2.75. The number of ether oxygens (including phenoxy) is 1. The second-order valence-electron chi connectivity index (χ2n) is 5.89. The van der Waals surface area contributed by atoms with E-state index in [1.165, 1.54) is 0 Å². The molecule has 10 heteroatoms. The van der Waals surface area contributed by atoms with Crippen molar-refractivity contribution in [2.75, 3.05) is 5.43 Å². The number of halogens is 7. The molecule has 0 aliphatic rings. The Bertz CT molecular complexity index is 1100. The third kappa shape index (κ3) is 4.66. The van der Waals surface area contributed by atoms with Gasteiger partial charge in [-0.15, -0.1) is 0 Å². The molecule has 0 fully saturated rings. The number of nitrogens with one attached hydrogen (secondary N) is 1. The molecule has 0 atom stereocenters. The van der Waals surface area contributed by atoms with Gasteiger partial charge >= 0.3 is 0 Å². The Labute approximate surface area is 177 Å². The Morgan fingerprint density at radius 3 is 2.13 bits per heavy atom. The smallest absolute Gasteiger partial charge is 0.200 e. The Hall–Kier alpha value is -2.84. The van der Waals surface area contributed by atoms with E-state index in [2.05, 4.69) is 5.10 Å². The molecule has 30 heavy (non-hydrogen) atoms. The number of para-hydroxylation sites is 1. The summed E-state index contributed by atoms with van der Waals surface area (Å²) in [6.07, 6.45) is 1.11. The van der Waals surface area contributed by atoms with Crippen LogP contribution >= 0.6 is 23.2 Å². The minimum Gasteiger partial charge on any atom is -0.488 e. The van der Waals surface area contributed by atoms with Crippen LogP contribution in [0.1, 0.15) is 11.1 Å². The number of hydrazone groups is 1. The molecule has 0 unspecified atom stereocenters. The summed E-state index contributed by atoms with van der Waals surface area (Å²) in [6.45, 7) is 0.132. The fourth-order valence-corrected chi connectivity index (χ4v) is 2.70. The van der Waals surface area contributed by atoms with E-state index in [0.29, 0.717) is 21.4 Å². The molecule has 0 aliphatic carbocycles. The summed E-state index contributed by atoms with van der Waals surface area (Å²) < 4.78 is 72.6. The van der Waals surface area contributed by atoms with Crippen molar-refractivity contribution in [1.29, 1.82) is 0 Å². The topological polar surface area (TPSA) is 33.6 Å². The largest absolute Gasteiger partial charge is 0.488 e. The highest BCUT2D eigenvalue weighted by Crippen LogP contribution is 2.27. The predicted octanol–water partition coefficient (Wildman–Crippen LogP) is 6.71. The van der Waals surface area contributed by atoms with Crippen molar-refractivity contribution < 1.29 is 26.7 Å². The molecule has 0 saturated carbocycles. The molecule has 3 aromatic rings. The van der Waals surface area contributed by atoms with Gasteiger partial charge in [0.05, 0.1) is 16.3 Å². The number of anilines is 1. The maximum Gasteiger partial charge on any atom is 0.200 e. The zero-order chi connectivity index (χ0) is 21.8. The highest BCUT2D eigenvalue weighted by molar-refractivity contribution is 6.42. The molecule has 0 radical (unpaired) electrons. The van der Waals surface area contributed by atoms with E-state index in [9.17, 15) is 22.0 Å². The van der Waals surface area contributed by atoms with Gasteiger partial charge in [-0.05, 0) is 29.8 Å². The number of benzene rings is 3. The average molecular weight is 461 g/mol. The summed E-state index contributed by atoms with van der Waals surface area (Å²) in [7, 11) is 0. The van der Waals surface area contributed by atoms with Crippen LogP contribution in [0, 0.1) is 29.1 Å². The molecule has 0 spiro atoms. The monoisotopic (exact) mass is 460 g/mol. The molecule has 0 saturated heterocycles. The second-order valence-corrected chi connectivity index (χ2v) is 6.70. The van der Waals surface area contributed by atoms with Crippen molar-refractivity contribution in [2.45, 2.75) is 6.61 Å². The van der Waals surface area contributed by atoms with E-state index in [1.807, 2.05) is 5.43 Å². The molecule has 0 heterocycles. The van der Waals surface area contributed by atoms with E-state index in [4.69, 9.17) is 27.9 Å². The Balaban J connectivity index is 1.77. The molecule has 1 N–H and O–H groups in total. The maximum absolute atomic E-state index is 13.7. The first-order valence-corrected chi connectivity index (χ1v) is 9.01. The van der Waals surface area contributed by atoms with Gasteiger partial charge in [0, 0.05) is 5.56 Å². The zero-order valence-electron chi connectivity index (χ0n) is 14.8. The van der Waals surface area contributed by atoms with Crippen molar-refractivity contribution >= 4 is 35.1 Å². The number of nitrogens with zero attached hydrogens (tertiary/aromatic N) is 1. The minimum atomic E-state index is -2.25. The van der Waals surface area contributed by atoms with Gasteiger partial charge in [-0.1, -0.05) is 41.4 Å². The van der Waals surface area contributed by atoms with Crippen LogP contribution in [-0.4, -0.2) is 6.21 Å². The van der Waals surface area contributed by atoms with Gasteiger partial charge < -0.3 is 4.74 Å². The van der Waals surface area contributed by atoms with Crippen molar-refractivity contribution in [1.82, 2.24) is 0 Å². The summed E-state index contributed by atoms with van der Waals surface area (Å²) >= 11 is 11.8. The predicted molar refractivity (Wildman–Crippen MR) is 105 cm³/mol. The molecule has 3 aromatic carbocycles. The minimum absolute atomic E-state index is 0.132. The summed E-state index contributed by atoms with van der Waals surface area (Å²) in [5.41, 5.74) is 1.69. The second kappa shape index (κ2) is 9.32. The Morgan fingerprint density at radius 2 is 1.47 bits per heavy atom. The summed E-state index contributed by atoms with van der Waals surface area (Å²) in [6, 6.07) is 11.5. The molecular weight excluding hydrogens is 450 g/mol. The molecule has 0 aromatic heterocycles. The van der Waals surface area contributed by atoms with Crippen LogP contribution in [0.2, 0.25) is 10.0 Å². The summed E-state index contributed by atoms with van der Waals surface area (Å²) in [5.74, 6) is -10.1. The summed E-state index contributed by atoms with van der Waals surface area (Å²) in [4.78, 5) is 0. The standard InChI is InChI=1S/C20H11Cl2F5N2O/c21-12-6-5-10(7-13(12)22)9-30-14-4-2-1-3-11(14)8-28-29-20-18(26)16(24)15(23)17(25)19(20)27/h1-8,29H,9H2/b28-8+. The van der Waals surface area contributed by atoms with Gasteiger partial charge in [0.1, 0.15) is 18.0 Å². The molecule has 156 valence electrons. The number of hydrogen-bond donors (Lipinski definition) is 1. The highest BCUT2D eigenvalue weighted by atomic mass is 35.5. The molecular formula is C20H11Cl2F5N2O. The lowest BCUT2D eigenvalue weighted by molar-refractivity contribution is 0.306. The van der Waals surface area contributed by atoms with Gasteiger partial charge in [0.15, 0.2) is 23.3 Å². The molecule has 0 bridgehead atoms. The van der Waals surface area contributed by atoms with Gasteiger partial charge in [-0.25, -0.2) is 22.0 Å². The lowest BCUT2D eigenvalue weighted by atomic mass is 10.2. The van der Waals surface area contributed by atoms with Crippen LogP contribution in [0.5, 0.6) is 5.75 Å². The maximum atomic E-state index is 13.7. The van der Waals surface area contributed by atoms with E-state index in [1.54, 1.807) is 42.5 Å².